The lowest BCUT2D eigenvalue weighted by atomic mass is 10.00. The number of hydrogen-bond acceptors (Lipinski definition) is 6. The monoisotopic (exact) mass is 487 g/mol. The normalized spacial score (nSPS) is 19.6. The third-order valence-electron chi connectivity index (χ3n) is 6.08. The number of sulfonamides is 1. The average Bonchev–Trinajstić information content (AvgIpc) is 3.04. The highest BCUT2D eigenvalue weighted by Crippen LogP contribution is 2.32. The number of piperidine rings is 1. The van der Waals surface area contributed by atoms with Gasteiger partial charge in [-0.3, -0.25) is 9.52 Å². The number of ether oxygens (including phenoxy) is 2. The fourth-order valence-corrected chi connectivity index (χ4v) is 5.48. The maximum absolute atomic E-state index is 12.9. The minimum absolute atomic E-state index is 0.0235. The molecule has 2 aromatic rings. The molecule has 0 saturated carbocycles. The summed E-state index contributed by atoms with van der Waals surface area (Å²) in [6.45, 7) is 8.25. The molecule has 2 aromatic carbocycles. The van der Waals surface area contributed by atoms with Crippen LogP contribution in [0.1, 0.15) is 43.5 Å². The predicted molar refractivity (Wildman–Crippen MR) is 131 cm³/mol. The first-order valence-electron chi connectivity index (χ1n) is 11.9. The van der Waals surface area contributed by atoms with Crippen LogP contribution < -0.4 is 19.5 Å². The zero-order chi connectivity index (χ0) is 24.1. The van der Waals surface area contributed by atoms with Gasteiger partial charge in [-0.15, -0.1) is 0 Å². The van der Waals surface area contributed by atoms with Gasteiger partial charge >= 0.3 is 0 Å². The summed E-state index contributed by atoms with van der Waals surface area (Å²) in [4.78, 5) is 15.1. The number of anilines is 1. The minimum atomic E-state index is -3.82. The van der Waals surface area contributed by atoms with Gasteiger partial charge in [0.1, 0.15) is 0 Å². The SMILES string of the molecule is CC1CCCN(CC(C)NC(=O)c2ccc(NS(=O)(=O)c3ccc4c(c3)OCCCO4)cc2)C1. The lowest BCUT2D eigenvalue weighted by Gasteiger charge is -2.32. The molecule has 1 amide bonds. The third-order valence-corrected chi connectivity index (χ3v) is 7.46. The Kier molecular flexibility index (Phi) is 7.63. The second-order valence-electron chi connectivity index (χ2n) is 9.22. The topological polar surface area (TPSA) is 97.0 Å². The van der Waals surface area contributed by atoms with Gasteiger partial charge in [0.15, 0.2) is 11.5 Å². The first-order chi connectivity index (χ1) is 16.3. The lowest BCUT2D eigenvalue weighted by molar-refractivity contribution is 0.0920. The molecule has 1 saturated heterocycles. The van der Waals surface area contributed by atoms with E-state index in [9.17, 15) is 13.2 Å². The summed E-state index contributed by atoms with van der Waals surface area (Å²) in [5, 5.41) is 3.04. The van der Waals surface area contributed by atoms with E-state index in [4.69, 9.17) is 9.47 Å². The second kappa shape index (κ2) is 10.7. The zero-order valence-electron chi connectivity index (χ0n) is 19.7. The third kappa shape index (κ3) is 6.21. The molecule has 0 aromatic heterocycles. The van der Waals surface area contributed by atoms with Gasteiger partial charge in [0, 0.05) is 42.9 Å². The highest BCUT2D eigenvalue weighted by molar-refractivity contribution is 7.92. The average molecular weight is 488 g/mol. The highest BCUT2D eigenvalue weighted by atomic mass is 32.2. The first kappa shape index (κ1) is 24.3. The Morgan fingerprint density at radius 3 is 2.56 bits per heavy atom. The van der Waals surface area contributed by atoms with Crippen LogP contribution in [0.25, 0.3) is 0 Å². The Balaban J connectivity index is 1.35. The van der Waals surface area contributed by atoms with E-state index in [1.54, 1.807) is 30.3 Å². The Bertz CT molecular complexity index is 1100. The van der Waals surface area contributed by atoms with Crippen LogP contribution in [0.2, 0.25) is 0 Å². The quantitative estimate of drug-likeness (QED) is 0.621. The van der Waals surface area contributed by atoms with E-state index in [2.05, 4.69) is 21.9 Å². The number of nitrogens with one attached hydrogen (secondary N) is 2. The van der Waals surface area contributed by atoms with Crippen LogP contribution in [0.15, 0.2) is 47.4 Å². The maximum atomic E-state index is 12.9. The molecule has 8 nitrogen and oxygen atoms in total. The smallest absolute Gasteiger partial charge is 0.262 e. The number of hydrogen-bond donors (Lipinski definition) is 2. The standard InChI is InChI=1S/C25H33N3O5S/c1-18-5-3-12-28(16-18)17-19(2)26-25(29)20-6-8-21(9-7-20)27-34(30,31)22-10-11-23-24(15-22)33-14-4-13-32-23/h6-11,15,18-19,27H,3-5,12-14,16-17H2,1-2H3,(H,26,29). The molecule has 2 aliphatic heterocycles. The van der Waals surface area contributed by atoms with E-state index in [0.717, 1.165) is 26.1 Å². The molecule has 2 atom stereocenters. The van der Waals surface area contributed by atoms with Crippen LogP contribution in [0.4, 0.5) is 5.69 Å². The minimum Gasteiger partial charge on any atom is -0.490 e. The molecule has 34 heavy (non-hydrogen) atoms. The first-order valence-corrected chi connectivity index (χ1v) is 13.3. The highest BCUT2D eigenvalue weighted by Gasteiger charge is 2.21. The molecule has 2 unspecified atom stereocenters. The zero-order valence-corrected chi connectivity index (χ0v) is 20.6. The van der Waals surface area contributed by atoms with E-state index < -0.39 is 10.0 Å². The summed E-state index contributed by atoms with van der Waals surface area (Å²) in [6.07, 6.45) is 3.21. The number of carbonyl (C=O) groups excluding carboxylic acids is 1. The van der Waals surface area contributed by atoms with Crippen LogP contribution in [0.3, 0.4) is 0 Å². The molecule has 0 aliphatic carbocycles. The summed E-state index contributed by atoms with van der Waals surface area (Å²) < 4.78 is 39.4. The van der Waals surface area contributed by atoms with Crippen LogP contribution in [0.5, 0.6) is 11.5 Å². The van der Waals surface area contributed by atoms with Crippen molar-refractivity contribution in [3.8, 4) is 11.5 Å². The van der Waals surface area contributed by atoms with Crippen molar-refractivity contribution >= 4 is 21.6 Å². The van der Waals surface area contributed by atoms with Gasteiger partial charge < -0.3 is 19.7 Å². The van der Waals surface area contributed by atoms with Gasteiger partial charge in [-0.2, -0.15) is 0 Å². The van der Waals surface area contributed by atoms with Gasteiger partial charge in [-0.05, 0) is 68.6 Å². The molecule has 0 spiro atoms. The second-order valence-corrected chi connectivity index (χ2v) is 10.9. The van der Waals surface area contributed by atoms with Crippen LogP contribution in [-0.4, -0.2) is 58.1 Å². The van der Waals surface area contributed by atoms with Crippen molar-refractivity contribution in [1.29, 1.82) is 0 Å². The van der Waals surface area contributed by atoms with E-state index >= 15 is 0 Å². The number of amides is 1. The molecule has 0 bridgehead atoms. The predicted octanol–water partition coefficient (Wildman–Crippen LogP) is 3.50. The van der Waals surface area contributed by atoms with Gasteiger partial charge in [0.05, 0.1) is 18.1 Å². The lowest BCUT2D eigenvalue weighted by Crippen LogP contribution is -2.45. The maximum Gasteiger partial charge on any atom is 0.262 e. The van der Waals surface area contributed by atoms with Crippen molar-refractivity contribution in [3.63, 3.8) is 0 Å². The summed E-state index contributed by atoms with van der Waals surface area (Å²) >= 11 is 0. The molecule has 9 heteroatoms. The van der Waals surface area contributed by atoms with E-state index in [1.165, 1.54) is 25.0 Å². The summed E-state index contributed by atoms with van der Waals surface area (Å²) in [5.74, 6) is 1.48. The molecule has 184 valence electrons. The number of benzene rings is 2. The van der Waals surface area contributed by atoms with Gasteiger partial charge in [0.2, 0.25) is 0 Å². The van der Waals surface area contributed by atoms with Gasteiger partial charge in [-0.25, -0.2) is 8.42 Å². The number of fused-ring (bicyclic) bond motifs is 1. The molecule has 4 rings (SSSR count). The summed E-state index contributed by atoms with van der Waals surface area (Å²) in [5.41, 5.74) is 0.858. The molecule has 0 radical (unpaired) electrons. The molecule has 2 heterocycles. The van der Waals surface area contributed by atoms with Gasteiger partial charge in [-0.1, -0.05) is 6.92 Å². The van der Waals surface area contributed by atoms with E-state index in [-0.39, 0.29) is 16.8 Å². The van der Waals surface area contributed by atoms with Crippen LogP contribution in [-0.2, 0) is 10.0 Å². The number of nitrogens with zero attached hydrogens (tertiary/aromatic N) is 1. The van der Waals surface area contributed by atoms with Crippen molar-refractivity contribution in [2.75, 3.05) is 37.6 Å². The van der Waals surface area contributed by atoms with Crippen molar-refractivity contribution in [1.82, 2.24) is 10.2 Å². The van der Waals surface area contributed by atoms with Crippen molar-refractivity contribution in [3.05, 3.63) is 48.0 Å². The number of rotatable bonds is 7. The fraction of sp³-hybridized carbons (Fsp3) is 0.480. The Hall–Kier alpha value is -2.78. The summed E-state index contributed by atoms with van der Waals surface area (Å²) in [7, 11) is -3.82. The Morgan fingerprint density at radius 1 is 1.09 bits per heavy atom. The molecule has 1 fully saturated rings. The van der Waals surface area contributed by atoms with Crippen LogP contribution >= 0.6 is 0 Å². The number of carbonyl (C=O) groups is 1. The molecular weight excluding hydrogens is 454 g/mol. The van der Waals surface area contributed by atoms with Crippen LogP contribution in [0, 0.1) is 5.92 Å². The van der Waals surface area contributed by atoms with Crippen molar-refractivity contribution in [2.24, 2.45) is 5.92 Å². The van der Waals surface area contributed by atoms with Crippen molar-refractivity contribution < 1.29 is 22.7 Å². The Labute approximate surface area is 201 Å². The van der Waals surface area contributed by atoms with Crippen molar-refractivity contribution in [2.45, 2.75) is 44.0 Å². The molecule has 2 N–H and O–H groups in total. The summed E-state index contributed by atoms with van der Waals surface area (Å²) in [6, 6.07) is 11.0. The van der Waals surface area contributed by atoms with E-state index in [1.807, 2.05) is 6.92 Å². The van der Waals surface area contributed by atoms with E-state index in [0.29, 0.717) is 41.9 Å². The van der Waals surface area contributed by atoms with Gasteiger partial charge in [0.25, 0.3) is 15.9 Å². The number of likely N-dealkylation sites (tertiary alicyclic amines) is 1. The Morgan fingerprint density at radius 2 is 1.82 bits per heavy atom. The molecular formula is C25H33N3O5S. The molecule has 2 aliphatic rings. The fourth-order valence-electron chi connectivity index (χ4n) is 4.41. The largest absolute Gasteiger partial charge is 0.490 e.